The van der Waals surface area contributed by atoms with Crippen LogP contribution in [0.5, 0.6) is 0 Å². The Morgan fingerprint density at radius 2 is 1.80 bits per heavy atom. The lowest BCUT2D eigenvalue weighted by atomic mass is 10.1. The van der Waals surface area contributed by atoms with Gasteiger partial charge in [-0.05, 0) is 37.6 Å². The number of carbonyl (C=O) groups excluding carboxylic acids is 1. The van der Waals surface area contributed by atoms with Gasteiger partial charge in [0.25, 0.3) is 5.91 Å². The second kappa shape index (κ2) is 8.81. The molecule has 25 heavy (non-hydrogen) atoms. The second-order valence-corrected chi connectivity index (χ2v) is 7.50. The van der Waals surface area contributed by atoms with Gasteiger partial charge in [0.05, 0.1) is 6.61 Å². The first kappa shape index (κ1) is 19.2. The first-order valence-electron chi connectivity index (χ1n) is 8.01. The van der Waals surface area contributed by atoms with Crippen molar-refractivity contribution in [3.05, 3.63) is 65.7 Å². The number of anilines is 1. The molecule has 1 amide bonds. The minimum atomic E-state index is -3.91. The van der Waals surface area contributed by atoms with Crippen molar-refractivity contribution in [2.24, 2.45) is 0 Å². The Kier molecular flexibility index (Phi) is 6.76. The molecule has 0 saturated heterocycles. The summed E-state index contributed by atoms with van der Waals surface area (Å²) in [7, 11) is -2.40. The zero-order valence-electron chi connectivity index (χ0n) is 14.4. The number of rotatable bonds is 8. The number of hydrogen-bond acceptors (Lipinski definition) is 3. The smallest absolute Gasteiger partial charge is 0.352 e. The average molecular weight is 362 g/mol. The van der Waals surface area contributed by atoms with Crippen molar-refractivity contribution < 1.29 is 18.8 Å². The normalized spacial score (nSPS) is 13.1. The van der Waals surface area contributed by atoms with E-state index in [1.165, 1.54) is 11.7 Å². The minimum Gasteiger partial charge on any atom is -0.352 e. The second-order valence-electron chi connectivity index (χ2n) is 5.66. The van der Waals surface area contributed by atoms with Crippen molar-refractivity contribution in [2.75, 3.05) is 24.9 Å². The summed E-state index contributed by atoms with van der Waals surface area (Å²) >= 11 is 0. The predicted molar refractivity (Wildman–Crippen MR) is 98.8 cm³/mol. The Balaban J connectivity index is 1.74. The van der Waals surface area contributed by atoms with Gasteiger partial charge in [-0.2, -0.15) is 0 Å². The van der Waals surface area contributed by atoms with Crippen LogP contribution in [-0.2, 0) is 9.09 Å². The lowest BCUT2D eigenvalue weighted by Gasteiger charge is -2.24. The molecule has 2 aromatic carbocycles. The van der Waals surface area contributed by atoms with Crippen LogP contribution < -0.4 is 9.99 Å². The fraction of sp³-hybridized carbons (Fsp3) is 0.278. The zero-order chi connectivity index (χ0) is 18.3. The van der Waals surface area contributed by atoms with E-state index in [1.807, 2.05) is 25.1 Å². The quantitative estimate of drug-likeness (QED) is 0.556. The fourth-order valence-electron chi connectivity index (χ4n) is 2.14. The number of nitrogens with zero attached hydrogens (tertiary/aromatic N) is 1. The maximum atomic E-state index is 12.2. The number of para-hydroxylation sites is 1. The van der Waals surface area contributed by atoms with Gasteiger partial charge < -0.3 is 10.2 Å². The third-order valence-corrected chi connectivity index (χ3v) is 5.20. The number of hydrogen-bond donors (Lipinski definition) is 2. The lowest BCUT2D eigenvalue weighted by molar-refractivity contribution is 0.0951. The van der Waals surface area contributed by atoms with Gasteiger partial charge in [-0.25, -0.2) is 4.57 Å². The molecule has 1 unspecified atom stereocenters. The van der Waals surface area contributed by atoms with Gasteiger partial charge in [0.1, 0.15) is 0 Å². The SMILES string of the molecule is Cc1ccc(C(=O)NCCCOP(=O)(O)N(C)c2ccccc2)cc1. The van der Waals surface area contributed by atoms with Gasteiger partial charge in [0.2, 0.25) is 0 Å². The molecule has 0 bridgehead atoms. The van der Waals surface area contributed by atoms with E-state index in [0.717, 1.165) is 5.56 Å². The molecule has 0 spiro atoms. The van der Waals surface area contributed by atoms with E-state index < -0.39 is 7.75 Å². The molecule has 0 saturated carbocycles. The summed E-state index contributed by atoms with van der Waals surface area (Å²) in [6.45, 7) is 2.39. The van der Waals surface area contributed by atoms with Crippen molar-refractivity contribution in [3.8, 4) is 0 Å². The molecule has 2 N–H and O–H groups in total. The first-order chi connectivity index (χ1) is 11.9. The van der Waals surface area contributed by atoms with Crippen molar-refractivity contribution in [3.63, 3.8) is 0 Å². The van der Waals surface area contributed by atoms with E-state index in [2.05, 4.69) is 5.32 Å². The standard InChI is InChI=1S/C18H23N2O4P/c1-15-9-11-16(12-10-15)18(21)19-13-6-14-24-25(22,23)20(2)17-7-4-3-5-8-17/h3-5,7-12H,6,13-14H2,1-2H3,(H,19,21)(H,22,23). The topological polar surface area (TPSA) is 78.9 Å². The molecule has 0 fully saturated rings. The highest BCUT2D eigenvalue weighted by atomic mass is 31.2. The summed E-state index contributed by atoms with van der Waals surface area (Å²) in [6.07, 6.45) is 0.435. The van der Waals surface area contributed by atoms with Crippen LogP contribution in [0, 0.1) is 6.92 Å². The third-order valence-electron chi connectivity index (χ3n) is 3.69. The number of carbonyl (C=O) groups is 1. The van der Waals surface area contributed by atoms with E-state index in [-0.39, 0.29) is 12.5 Å². The Hall–Kier alpha value is -2.14. The molecule has 2 aromatic rings. The molecule has 0 aliphatic heterocycles. The zero-order valence-corrected chi connectivity index (χ0v) is 15.3. The first-order valence-corrected chi connectivity index (χ1v) is 9.54. The van der Waals surface area contributed by atoms with Crippen molar-refractivity contribution in [1.82, 2.24) is 5.32 Å². The van der Waals surface area contributed by atoms with Crippen molar-refractivity contribution >= 4 is 19.3 Å². The van der Waals surface area contributed by atoms with Crippen LogP contribution in [0.15, 0.2) is 54.6 Å². The molecule has 1 atom stereocenters. The fourth-order valence-corrected chi connectivity index (χ4v) is 3.11. The maximum absolute atomic E-state index is 12.2. The molecule has 0 aromatic heterocycles. The van der Waals surface area contributed by atoms with Crippen molar-refractivity contribution in [2.45, 2.75) is 13.3 Å². The minimum absolute atomic E-state index is 0.0686. The maximum Gasteiger partial charge on any atom is 0.432 e. The van der Waals surface area contributed by atoms with Gasteiger partial charge >= 0.3 is 7.75 Å². The average Bonchev–Trinajstić information content (AvgIpc) is 2.62. The summed E-state index contributed by atoms with van der Waals surface area (Å²) in [5.41, 5.74) is 2.27. The number of nitrogens with one attached hydrogen (secondary N) is 1. The van der Waals surface area contributed by atoms with Crippen molar-refractivity contribution in [1.29, 1.82) is 0 Å². The molecule has 2 rings (SSSR count). The van der Waals surface area contributed by atoms with E-state index >= 15 is 0 Å². The van der Waals surface area contributed by atoms with E-state index in [0.29, 0.717) is 24.2 Å². The molecular weight excluding hydrogens is 339 g/mol. The van der Waals surface area contributed by atoms with Crippen LogP contribution in [0.2, 0.25) is 0 Å². The Bertz CT molecular complexity index is 735. The largest absolute Gasteiger partial charge is 0.432 e. The Labute approximate surface area is 148 Å². The lowest BCUT2D eigenvalue weighted by Crippen LogP contribution is -2.25. The Morgan fingerprint density at radius 3 is 2.44 bits per heavy atom. The summed E-state index contributed by atoms with van der Waals surface area (Å²) in [5.74, 6) is -0.173. The molecule has 7 heteroatoms. The molecule has 0 radical (unpaired) electrons. The van der Waals surface area contributed by atoms with Crippen LogP contribution in [0.4, 0.5) is 5.69 Å². The predicted octanol–water partition coefficient (Wildman–Crippen LogP) is 3.37. The Morgan fingerprint density at radius 1 is 1.16 bits per heavy atom. The van der Waals surface area contributed by atoms with E-state index in [4.69, 9.17) is 4.52 Å². The molecule has 0 heterocycles. The third kappa shape index (κ3) is 5.71. The number of benzene rings is 2. The summed E-state index contributed by atoms with van der Waals surface area (Å²) < 4.78 is 18.6. The summed E-state index contributed by atoms with van der Waals surface area (Å²) in [6, 6.07) is 16.1. The van der Waals surface area contributed by atoms with Crippen LogP contribution in [0.25, 0.3) is 0 Å². The van der Waals surface area contributed by atoms with E-state index in [1.54, 1.807) is 36.4 Å². The van der Waals surface area contributed by atoms with Gasteiger partial charge in [-0.3, -0.25) is 14.0 Å². The molecular formula is C18H23N2O4P. The highest BCUT2D eigenvalue weighted by Gasteiger charge is 2.26. The number of amides is 1. The molecule has 6 nitrogen and oxygen atoms in total. The van der Waals surface area contributed by atoms with Gasteiger partial charge in [-0.15, -0.1) is 0 Å². The molecule has 0 aliphatic carbocycles. The van der Waals surface area contributed by atoms with Crippen LogP contribution in [0.1, 0.15) is 22.3 Å². The van der Waals surface area contributed by atoms with Crippen LogP contribution in [-0.4, -0.2) is 31.0 Å². The van der Waals surface area contributed by atoms with Gasteiger partial charge in [-0.1, -0.05) is 35.9 Å². The van der Waals surface area contributed by atoms with Crippen LogP contribution in [0.3, 0.4) is 0 Å². The highest BCUT2D eigenvalue weighted by Crippen LogP contribution is 2.47. The summed E-state index contributed by atoms with van der Waals surface area (Å²) in [4.78, 5) is 22.0. The molecule has 134 valence electrons. The highest BCUT2D eigenvalue weighted by molar-refractivity contribution is 7.54. The summed E-state index contributed by atoms with van der Waals surface area (Å²) in [5, 5.41) is 2.76. The van der Waals surface area contributed by atoms with Gasteiger partial charge in [0.15, 0.2) is 0 Å². The number of aryl methyl sites for hydroxylation is 1. The van der Waals surface area contributed by atoms with Gasteiger partial charge in [0, 0.05) is 24.8 Å². The molecule has 0 aliphatic rings. The monoisotopic (exact) mass is 362 g/mol. The van der Waals surface area contributed by atoms with Crippen LogP contribution >= 0.6 is 7.75 Å². The van der Waals surface area contributed by atoms with E-state index in [9.17, 15) is 14.3 Å².